The van der Waals surface area contributed by atoms with Crippen LogP contribution in [0.15, 0.2) is 12.1 Å². The van der Waals surface area contributed by atoms with Gasteiger partial charge < -0.3 is 5.32 Å². The van der Waals surface area contributed by atoms with Crippen molar-refractivity contribution in [2.24, 2.45) is 5.92 Å². The van der Waals surface area contributed by atoms with E-state index in [1.54, 1.807) is 6.07 Å². The summed E-state index contributed by atoms with van der Waals surface area (Å²) in [5.41, 5.74) is -0.108. The Labute approximate surface area is 112 Å². The Bertz CT molecular complexity index is 464. The largest absolute Gasteiger partial charge is 0.378 e. The van der Waals surface area contributed by atoms with E-state index in [-0.39, 0.29) is 17.3 Å². The third-order valence-electron chi connectivity index (χ3n) is 3.90. The molecule has 4 heteroatoms. The maximum Gasteiger partial charge on any atom is 0.150 e. The summed E-state index contributed by atoms with van der Waals surface area (Å²) >= 11 is 0. The van der Waals surface area contributed by atoms with Crippen molar-refractivity contribution in [1.29, 1.82) is 5.26 Å². The second kappa shape index (κ2) is 6.01. The van der Waals surface area contributed by atoms with E-state index < -0.39 is 11.6 Å². The van der Waals surface area contributed by atoms with Crippen molar-refractivity contribution in [2.75, 3.05) is 5.32 Å². The van der Waals surface area contributed by atoms with Crippen molar-refractivity contribution in [3.63, 3.8) is 0 Å². The lowest BCUT2D eigenvalue weighted by Crippen LogP contribution is -2.28. The summed E-state index contributed by atoms with van der Waals surface area (Å²) in [7, 11) is 0. The fourth-order valence-electron chi connectivity index (χ4n) is 2.76. The van der Waals surface area contributed by atoms with E-state index in [0.717, 1.165) is 25.0 Å². The SMILES string of the molecule is CC(Nc1c(F)cc(C#N)cc1F)C1CCCCC1. The van der Waals surface area contributed by atoms with Gasteiger partial charge in [-0.2, -0.15) is 5.26 Å². The first-order valence-corrected chi connectivity index (χ1v) is 6.77. The van der Waals surface area contributed by atoms with Crippen LogP contribution in [0, 0.1) is 28.9 Å². The van der Waals surface area contributed by atoms with Crippen LogP contribution in [0.1, 0.15) is 44.6 Å². The lowest BCUT2D eigenvalue weighted by Gasteiger charge is -2.29. The van der Waals surface area contributed by atoms with Crippen molar-refractivity contribution in [3.8, 4) is 6.07 Å². The molecule has 0 radical (unpaired) electrons. The van der Waals surface area contributed by atoms with Gasteiger partial charge in [-0.15, -0.1) is 0 Å². The molecule has 0 aromatic heterocycles. The van der Waals surface area contributed by atoms with Crippen LogP contribution in [0.2, 0.25) is 0 Å². The number of nitrogens with zero attached hydrogens (tertiary/aromatic N) is 1. The van der Waals surface area contributed by atoms with Crippen molar-refractivity contribution < 1.29 is 8.78 Å². The van der Waals surface area contributed by atoms with Crippen LogP contribution in [-0.2, 0) is 0 Å². The zero-order valence-electron chi connectivity index (χ0n) is 11.0. The molecule has 0 bridgehead atoms. The maximum absolute atomic E-state index is 13.8. The van der Waals surface area contributed by atoms with Gasteiger partial charge in [0.05, 0.1) is 11.6 Å². The molecule has 1 N–H and O–H groups in total. The first-order chi connectivity index (χ1) is 9.11. The zero-order valence-corrected chi connectivity index (χ0v) is 11.0. The highest BCUT2D eigenvalue weighted by molar-refractivity contribution is 5.51. The Balaban J connectivity index is 2.12. The molecule has 102 valence electrons. The molecule has 1 fully saturated rings. The number of rotatable bonds is 3. The Morgan fingerprint density at radius 1 is 1.21 bits per heavy atom. The molecule has 1 unspecified atom stereocenters. The number of nitriles is 1. The second-order valence-electron chi connectivity index (χ2n) is 5.26. The van der Waals surface area contributed by atoms with E-state index in [9.17, 15) is 8.78 Å². The monoisotopic (exact) mass is 264 g/mol. The first-order valence-electron chi connectivity index (χ1n) is 6.77. The van der Waals surface area contributed by atoms with Gasteiger partial charge in [0.2, 0.25) is 0 Å². The summed E-state index contributed by atoms with van der Waals surface area (Å²) in [6.07, 6.45) is 5.84. The summed E-state index contributed by atoms with van der Waals surface area (Å²) in [5, 5.41) is 11.6. The molecule has 0 saturated heterocycles. The number of benzene rings is 1. The summed E-state index contributed by atoms with van der Waals surface area (Å²) in [5.74, 6) is -0.929. The molecule has 1 aliphatic rings. The smallest absolute Gasteiger partial charge is 0.150 e. The molecule has 0 spiro atoms. The molecule has 1 aliphatic carbocycles. The zero-order chi connectivity index (χ0) is 13.8. The predicted molar refractivity (Wildman–Crippen MR) is 70.7 cm³/mol. The van der Waals surface area contributed by atoms with E-state index in [1.165, 1.54) is 19.3 Å². The molecule has 0 aliphatic heterocycles. The Morgan fingerprint density at radius 3 is 2.32 bits per heavy atom. The number of nitrogens with one attached hydrogen (secondary N) is 1. The van der Waals surface area contributed by atoms with E-state index in [4.69, 9.17) is 5.26 Å². The van der Waals surface area contributed by atoms with Crippen molar-refractivity contribution >= 4 is 5.69 Å². The highest BCUT2D eigenvalue weighted by Crippen LogP contribution is 2.29. The van der Waals surface area contributed by atoms with E-state index in [2.05, 4.69) is 5.32 Å². The van der Waals surface area contributed by atoms with Crippen molar-refractivity contribution in [1.82, 2.24) is 0 Å². The molecule has 2 nitrogen and oxygen atoms in total. The minimum Gasteiger partial charge on any atom is -0.378 e. The number of anilines is 1. The molecule has 2 rings (SSSR count). The van der Waals surface area contributed by atoms with Gasteiger partial charge in [0.15, 0.2) is 11.6 Å². The average molecular weight is 264 g/mol. The van der Waals surface area contributed by atoms with Crippen LogP contribution in [0.5, 0.6) is 0 Å². The van der Waals surface area contributed by atoms with Gasteiger partial charge in [-0.25, -0.2) is 8.78 Å². The molecular formula is C15H18F2N2. The summed E-state index contributed by atoms with van der Waals surface area (Å²) < 4.78 is 27.5. The van der Waals surface area contributed by atoms with Gasteiger partial charge in [-0.3, -0.25) is 0 Å². The van der Waals surface area contributed by atoms with E-state index in [0.29, 0.717) is 5.92 Å². The lowest BCUT2D eigenvalue weighted by atomic mass is 9.84. The maximum atomic E-state index is 13.8. The third-order valence-corrected chi connectivity index (χ3v) is 3.90. The highest BCUT2D eigenvalue weighted by atomic mass is 19.1. The molecule has 1 saturated carbocycles. The minimum atomic E-state index is -0.695. The Kier molecular flexibility index (Phi) is 4.36. The highest BCUT2D eigenvalue weighted by Gasteiger charge is 2.22. The fourth-order valence-corrected chi connectivity index (χ4v) is 2.76. The summed E-state index contributed by atoms with van der Waals surface area (Å²) in [6, 6.07) is 3.92. The topological polar surface area (TPSA) is 35.8 Å². The van der Waals surface area contributed by atoms with E-state index >= 15 is 0 Å². The molecule has 1 aromatic carbocycles. The Hall–Kier alpha value is -1.63. The summed E-state index contributed by atoms with van der Waals surface area (Å²) in [4.78, 5) is 0. The van der Waals surface area contributed by atoms with Crippen LogP contribution in [0.3, 0.4) is 0 Å². The quantitative estimate of drug-likeness (QED) is 0.887. The molecule has 19 heavy (non-hydrogen) atoms. The third kappa shape index (κ3) is 3.23. The number of hydrogen-bond acceptors (Lipinski definition) is 2. The minimum absolute atomic E-state index is 0.00543. The van der Waals surface area contributed by atoms with Crippen molar-refractivity contribution in [2.45, 2.75) is 45.1 Å². The predicted octanol–water partition coefficient (Wildman–Crippen LogP) is 4.22. The molecule has 0 heterocycles. The van der Waals surface area contributed by atoms with Gasteiger partial charge in [-0.1, -0.05) is 19.3 Å². The normalized spacial score (nSPS) is 17.8. The standard InChI is InChI=1S/C15H18F2N2/c1-10(12-5-3-2-4-6-12)19-15-13(16)7-11(9-18)8-14(15)17/h7-8,10,12,19H,2-6H2,1H3. The average Bonchev–Trinajstić information content (AvgIpc) is 2.43. The number of hydrogen-bond donors (Lipinski definition) is 1. The van der Waals surface area contributed by atoms with Gasteiger partial charge in [0.1, 0.15) is 5.69 Å². The van der Waals surface area contributed by atoms with Crippen LogP contribution in [0.4, 0.5) is 14.5 Å². The molecule has 1 atom stereocenters. The molecular weight excluding hydrogens is 246 g/mol. The van der Waals surface area contributed by atoms with Gasteiger partial charge in [-0.05, 0) is 37.8 Å². The van der Waals surface area contributed by atoms with Crippen LogP contribution >= 0.6 is 0 Å². The fraction of sp³-hybridized carbons (Fsp3) is 0.533. The van der Waals surface area contributed by atoms with Crippen LogP contribution < -0.4 is 5.32 Å². The number of halogens is 2. The van der Waals surface area contributed by atoms with Crippen LogP contribution in [-0.4, -0.2) is 6.04 Å². The van der Waals surface area contributed by atoms with Crippen LogP contribution in [0.25, 0.3) is 0 Å². The van der Waals surface area contributed by atoms with Gasteiger partial charge in [0.25, 0.3) is 0 Å². The van der Waals surface area contributed by atoms with Gasteiger partial charge >= 0.3 is 0 Å². The summed E-state index contributed by atoms with van der Waals surface area (Å²) in [6.45, 7) is 1.97. The second-order valence-corrected chi connectivity index (χ2v) is 5.26. The lowest BCUT2D eigenvalue weighted by molar-refractivity contribution is 0.327. The first kappa shape index (κ1) is 13.8. The van der Waals surface area contributed by atoms with Crippen molar-refractivity contribution in [3.05, 3.63) is 29.3 Å². The van der Waals surface area contributed by atoms with E-state index in [1.807, 2.05) is 6.92 Å². The Morgan fingerprint density at radius 2 is 1.79 bits per heavy atom. The molecule has 1 aromatic rings. The van der Waals surface area contributed by atoms with Gasteiger partial charge in [0, 0.05) is 6.04 Å². The molecule has 0 amide bonds.